The van der Waals surface area contributed by atoms with Crippen LogP contribution in [0.5, 0.6) is 5.88 Å². The van der Waals surface area contributed by atoms with Gasteiger partial charge in [-0.2, -0.15) is 0 Å². The Labute approximate surface area is 218 Å². The van der Waals surface area contributed by atoms with Gasteiger partial charge in [-0.25, -0.2) is 9.48 Å². The van der Waals surface area contributed by atoms with E-state index in [0.717, 1.165) is 37.2 Å². The van der Waals surface area contributed by atoms with E-state index in [4.69, 9.17) is 20.9 Å². The van der Waals surface area contributed by atoms with Crippen LogP contribution >= 0.6 is 22.9 Å². The summed E-state index contributed by atoms with van der Waals surface area (Å²) < 4.78 is 13.1. The minimum atomic E-state index is -0.566. The molecule has 0 saturated carbocycles. The van der Waals surface area contributed by atoms with Gasteiger partial charge in [-0.05, 0) is 45.2 Å². The Kier molecular flexibility index (Phi) is 7.31. The molecule has 2 fully saturated rings. The molecule has 10 nitrogen and oxygen atoms in total. The molecular weight excluding hydrogens is 504 g/mol. The van der Waals surface area contributed by atoms with Crippen LogP contribution in [0.3, 0.4) is 0 Å². The first-order chi connectivity index (χ1) is 17.4. The van der Waals surface area contributed by atoms with Crippen molar-refractivity contribution in [3.05, 3.63) is 40.0 Å². The van der Waals surface area contributed by atoms with Gasteiger partial charge in [0.05, 0.1) is 15.8 Å². The fourth-order valence-electron chi connectivity index (χ4n) is 4.37. The van der Waals surface area contributed by atoms with Gasteiger partial charge in [0.2, 0.25) is 5.88 Å². The number of nitrogens with zero attached hydrogens (tertiary/aromatic N) is 5. The van der Waals surface area contributed by atoms with E-state index in [-0.39, 0.29) is 24.4 Å². The quantitative estimate of drug-likeness (QED) is 0.488. The molecule has 0 aliphatic carbocycles. The number of carbonyl (C=O) groups is 2. The molecule has 1 N–H and O–H groups in total. The molecular formula is C24H29ClN6O4S. The van der Waals surface area contributed by atoms with Crippen LogP contribution in [0.2, 0.25) is 4.34 Å². The molecule has 5 heterocycles. The molecule has 2 aliphatic heterocycles. The maximum atomic E-state index is 13.0. The molecule has 12 heteroatoms. The molecule has 2 saturated heterocycles. The first kappa shape index (κ1) is 24.8. The molecule has 0 atom stereocenters. The molecule has 5 rings (SSSR count). The lowest BCUT2D eigenvalue weighted by atomic mass is 10.0. The van der Waals surface area contributed by atoms with E-state index < -0.39 is 6.09 Å². The van der Waals surface area contributed by atoms with Crippen molar-refractivity contribution in [1.29, 1.82) is 0 Å². The Morgan fingerprint density at radius 1 is 1.22 bits per heavy atom. The Balaban J connectivity index is 1.27. The van der Waals surface area contributed by atoms with Crippen LogP contribution in [-0.4, -0.2) is 75.0 Å². The van der Waals surface area contributed by atoms with Gasteiger partial charge in [0.25, 0.3) is 5.91 Å². The number of nitrogens with one attached hydrogen (secondary N) is 1. The predicted octanol–water partition coefficient (Wildman–Crippen LogP) is 4.11. The van der Waals surface area contributed by atoms with Crippen molar-refractivity contribution in [2.45, 2.75) is 51.7 Å². The summed E-state index contributed by atoms with van der Waals surface area (Å²) in [6.07, 6.45) is 2.13. The van der Waals surface area contributed by atoms with Crippen LogP contribution in [0.15, 0.2) is 28.8 Å². The number of hydrogen-bond acceptors (Lipinski definition) is 8. The lowest BCUT2D eigenvalue weighted by molar-refractivity contribution is 0.0639. The standard InChI is InChI=1S/C24H29ClN6O4S/c1-15(2)29-10-6-16(7-11-29)26-24(33)34-22-13-18(23(32)30-8-3-9-30)31(27-22)14-17-12-19(35-28-17)20-4-5-21(25)36-20/h4-5,12-13,15-16H,3,6-11,14H2,1-2H3,(H,26,33). The first-order valence-corrected chi connectivity index (χ1v) is 13.4. The fourth-order valence-corrected chi connectivity index (χ4v) is 5.36. The van der Waals surface area contributed by atoms with Crippen molar-refractivity contribution in [3.63, 3.8) is 0 Å². The molecule has 0 spiro atoms. The molecule has 3 aromatic heterocycles. The zero-order valence-corrected chi connectivity index (χ0v) is 21.8. The van der Waals surface area contributed by atoms with Gasteiger partial charge in [0.1, 0.15) is 11.4 Å². The van der Waals surface area contributed by atoms with E-state index >= 15 is 0 Å². The van der Waals surface area contributed by atoms with Gasteiger partial charge in [0, 0.05) is 50.4 Å². The molecule has 2 aliphatic rings. The van der Waals surface area contributed by atoms with Gasteiger partial charge in [-0.3, -0.25) is 4.79 Å². The van der Waals surface area contributed by atoms with Gasteiger partial charge >= 0.3 is 6.09 Å². The van der Waals surface area contributed by atoms with Crippen molar-refractivity contribution < 1.29 is 18.8 Å². The lowest BCUT2D eigenvalue weighted by Gasteiger charge is -2.34. The third-order valence-electron chi connectivity index (χ3n) is 6.59. The van der Waals surface area contributed by atoms with Crippen molar-refractivity contribution >= 4 is 34.9 Å². The van der Waals surface area contributed by atoms with Crippen LogP contribution in [0, 0.1) is 0 Å². The highest BCUT2D eigenvalue weighted by atomic mass is 35.5. The van der Waals surface area contributed by atoms with Crippen LogP contribution < -0.4 is 10.1 Å². The SMILES string of the molecule is CC(C)N1CCC(NC(=O)Oc2cc(C(=O)N3CCC3)n(Cc3cc(-c4ccc(Cl)s4)on3)n2)CC1. The van der Waals surface area contributed by atoms with E-state index in [2.05, 4.69) is 34.3 Å². The molecule has 36 heavy (non-hydrogen) atoms. The fraction of sp³-hybridized carbons (Fsp3) is 0.500. The number of likely N-dealkylation sites (tertiary alicyclic amines) is 2. The monoisotopic (exact) mass is 532 g/mol. The number of amides is 2. The Bertz CT molecular complexity index is 1230. The van der Waals surface area contributed by atoms with Gasteiger partial charge < -0.3 is 24.4 Å². The molecule has 192 valence electrons. The topological polar surface area (TPSA) is 106 Å². The summed E-state index contributed by atoms with van der Waals surface area (Å²) in [5, 5.41) is 11.5. The molecule has 3 aromatic rings. The van der Waals surface area contributed by atoms with Crippen LogP contribution in [0.25, 0.3) is 10.6 Å². The zero-order valence-electron chi connectivity index (χ0n) is 20.3. The maximum Gasteiger partial charge on any atom is 0.414 e. The number of piperidine rings is 1. The van der Waals surface area contributed by atoms with Crippen molar-refractivity contribution in [3.8, 4) is 16.5 Å². The first-order valence-electron chi connectivity index (χ1n) is 12.2. The number of thiophene rings is 1. The van der Waals surface area contributed by atoms with Crippen molar-refractivity contribution in [2.24, 2.45) is 0 Å². The number of halogens is 1. The minimum absolute atomic E-state index is 0.0519. The number of aromatic nitrogens is 3. The summed E-state index contributed by atoms with van der Waals surface area (Å²) in [4.78, 5) is 30.6. The molecule has 0 bridgehead atoms. The zero-order chi connectivity index (χ0) is 25.2. The summed E-state index contributed by atoms with van der Waals surface area (Å²) in [6.45, 7) is 7.80. The van der Waals surface area contributed by atoms with Crippen molar-refractivity contribution in [2.75, 3.05) is 26.2 Å². The van der Waals surface area contributed by atoms with Crippen LogP contribution in [-0.2, 0) is 6.54 Å². The average Bonchev–Trinajstić information content (AvgIpc) is 3.53. The largest absolute Gasteiger partial charge is 0.414 e. The van der Waals surface area contributed by atoms with E-state index in [9.17, 15) is 9.59 Å². The third-order valence-corrected chi connectivity index (χ3v) is 7.83. The minimum Gasteiger partial charge on any atom is -0.390 e. The Morgan fingerprint density at radius 2 is 2.00 bits per heavy atom. The Hall–Kier alpha value is -2.89. The number of hydrogen-bond donors (Lipinski definition) is 1. The van der Waals surface area contributed by atoms with E-state index in [0.29, 0.717) is 40.6 Å². The normalized spacial score (nSPS) is 16.8. The third kappa shape index (κ3) is 5.58. The van der Waals surface area contributed by atoms with E-state index in [1.54, 1.807) is 17.0 Å². The second-order valence-electron chi connectivity index (χ2n) is 9.40. The summed E-state index contributed by atoms with van der Waals surface area (Å²) in [6, 6.07) is 7.51. The Morgan fingerprint density at radius 3 is 2.64 bits per heavy atom. The summed E-state index contributed by atoms with van der Waals surface area (Å²) >= 11 is 7.42. The molecule has 2 amide bonds. The van der Waals surface area contributed by atoms with E-state index in [1.807, 2.05) is 6.07 Å². The molecule has 0 radical (unpaired) electrons. The number of ether oxygens (including phenoxy) is 1. The van der Waals surface area contributed by atoms with Crippen LogP contribution in [0.1, 0.15) is 49.3 Å². The summed E-state index contributed by atoms with van der Waals surface area (Å²) in [5.74, 6) is 0.507. The molecule has 0 unspecified atom stereocenters. The lowest BCUT2D eigenvalue weighted by Crippen LogP contribution is -2.47. The molecule has 0 aromatic carbocycles. The summed E-state index contributed by atoms with van der Waals surface area (Å²) in [7, 11) is 0. The smallest absolute Gasteiger partial charge is 0.390 e. The summed E-state index contributed by atoms with van der Waals surface area (Å²) in [5.41, 5.74) is 0.926. The van der Waals surface area contributed by atoms with Gasteiger partial charge in [-0.15, -0.1) is 16.4 Å². The highest BCUT2D eigenvalue weighted by molar-refractivity contribution is 7.19. The maximum absolute atomic E-state index is 13.0. The van der Waals surface area contributed by atoms with Crippen molar-refractivity contribution in [1.82, 2.24) is 30.1 Å². The average molecular weight is 533 g/mol. The predicted molar refractivity (Wildman–Crippen MR) is 136 cm³/mol. The van der Waals surface area contributed by atoms with Gasteiger partial charge in [-0.1, -0.05) is 16.8 Å². The van der Waals surface area contributed by atoms with E-state index in [1.165, 1.54) is 22.1 Å². The van der Waals surface area contributed by atoms with Crippen LogP contribution in [0.4, 0.5) is 4.79 Å². The van der Waals surface area contributed by atoms with Gasteiger partial charge in [0.15, 0.2) is 5.76 Å². The second-order valence-corrected chi connectivity index (χ2v) is 11.1. The second kappa shape index (κ2) is 10.6. The highest BCUT2D eigenvalue weighted by Gasteiger charge is 2.28. The number of rotatable bonds is 7. The number of carbonyl (C=O) groups excluding carboxylic acids is 2. The highest BCUT2D eigenvalue weighted by Crippen LogP contribution is 2.31.